The third-order valence-corrected chi connectivity index (χ3v) is 5.07. The standard InChI is InChI=1S/C16H29NO2/c1-3-13-19-15-5-9-16(4-2,10-6-15)17-11-7-14(18)8-12-17/h15H,3-13H2,1-2H3. The average Bonchev–Trinajstić information content (AvgIpc) is 2.46. The zero-order chi connectivity index (χ0) is 13.7. The summed E-state index contributed by atoms with van der Waals surface area (Å²) in [5.41, 5.74) is 0.354. The van der Waals surface area contributed by atoms with Gasteiger partial charge in [-0.25, -0.2) is 0 Å². The molecule has 0 spiro atoms. The van der Waals surface area contributed by atoms with E-state index in [-0.39, 0.29) is 0 Å². The molecule has 19 heavy (non-hydrogen) atoms. The van der Waals surface area contributed by atoms with Crippen LogP contribution in [0.2, 0.25) is 0 Å². The minimum absolute atomic E-state index is 0.354. The summed E-state index contributed by atoms with van der Waals surface area (Å²) >= 11 is 0. The molecule has 2 fully saturated rings. The average molecular weight is 267 g/mol. The van der Waals surface area contributed by atoms with Crippen molar-refractivity contribution < 1.29 is 9.53 Å². The van der Waals surface area contributed by atoms with Crippen molar-refractivity contribution in [3.8, 4) is 0 Å². The van der Waals surface area contributed by atoms with Crippen LogP contribution in [0.3, 0.4) is 0 Å². The number of ketones is 1. The Labute approximate surface area is 117 Å². The number of piperidine rings is 1. The largest absolute Gasteiger partial charge is 0.378 e. The van der Waals surface area contributed by atoms with Crippen molar-refractivity contribution in [1.29, 1.82) is 0 Å². The van der Waals surface area contributed by atoms with Gasteiger partial charge in [0.1, 0.15) is 5.78 Å². The fourth-order valence-corrected chi connectivity index (χ4v) is 3.70. The highest BCUT2D eigenvalue weighted by Crippen LogP contribution is 2.38. The first-order valence-electron chi connectivity index (χ1n) is 8.08. The maximum absolute atomic E-state index is 11.4. The van der Waals surface area contributed by atoms with Gasteiger partial charge in [0.25, 0.3) is 0 Å². The molecular weight excluding hydrogens is 238 g/mol. The minimum atomic E-state index is 0.354. The molecule has 0 aromatic rings. The van der Waals surface area contributed by atoms with E-state index < -0.39 is 0 Å². The summed E-state index contributed by atoms with van der Waals surface area (Å²) in [5, 5.41) is 0. The molecule has 0 N–H and O–H groups in total. The number of carbonyl (C=O) groups excluding carboxylic acids is 1. The monoisotopic (exact) mass is 267 g/mol. The molecule has 3 nitrogen and oxygen atoms in total. The topological polar surface area (TPSA) is 29.5 Å². The number of likely N-dealkylation sites (tertiary alicyclic amines) is 1. The summed E-state index contributed by atoms with van der Waals surface area (Å²) in [6, 6.07) is 0. The summed E-state index contributed by atoms with van der Waals surface area (Å²) in [7, 11) is 0. The van der Waals surface area contributed by atoms with E-state index in [1.807, 2.05) is 0 Å². The molecule has 1 aliphatic carbocycles. The molecule has 1 saturated heterocycles. The summed E-state index contributed by atoms with van der Waals surface area (Å²) in [6.07, 6.45) is 9.20. The summed E-state index contributed by atoms with van der Waals surface area (Å²) < 4.78 is 5.90. The smallest absolute Gasteiger partial charge is 0.135 e. The Balaban J connectivity index is 1.88. The normalized spacial score (nSPS) is 33.6. The molecule has 3 heteroatoms. The van der Waals surface area contributed by atoms with Gasteiger partial charge < -0.3 is 4.74 Å². The Morgan fingerprint density at radius 1 is 1.21 bits per heavy atom. The summed E-state index contributed by atoms with van der Waals surface area (Å²) in [4.78, 5) is 14.0. The zero-order valence-electron chi connectivity index (χ0n) is 12.6. The predicted octanol–water partition coefficient (Wildman–Crippen LogP) is 3.17. The molecule has 0 amide bonds. The quantitative estimate of drug-likeness (QED) is 0.766. The van der Waals surface area contributed by atoms with Crippen LogP contribution in [0.25, 0.3) is 0 Å². The lowest BCUT2D eigenvalue weighted by molar-refractivity contribution is -0.124. The maximum atomic E-state index is 11.4. The van der Waals surface area contributed by atoms with Crippen LogP contribution < -0.4 is 0 Å². The van der Waals surface area contributed by atoms with Gasteiger partial charge in [0.15, 0.2) is 0 Å². The fraction of sp³-hybridized carbons (Fsp3) is 0.938. The number of carbonyl (C=O) groups is 1. The van der Waals surface area contributed by atoms with E-state index in [2.05, 4.69) is 18.7 Å². The Morgan fingerprint density at radius 3 is 2.37 bits per heavy atom. The Morgan fingerprint density at radius 2 is 1.84 bits per heavy atom. The number of rotatable bonds is 5. The van der Waals surface area contributed by atoms with Crippen molar-refractivity contribution in [2.45, 2.75) is 76.9 Å². The molecule has 0 bridgehead atoms. The van der Waals surface area contributed by atoms with Crippen LogP contribution in [-0.4, -0.2) is 42.0 Å². The lowest BCUT2D eigenvalue weighted by atomic mass is 9.76. The van der Waals surface area contributed by atoms with Gasteiger partial charge in [-0.15, -0.1) is 0 Å². The zero-order valence-corrected chi connectivity index (χ0v) is 12.6. The second-order valence-corrected chi connectivity index (χ2v) is 6.17. The van der Waals surface area contributed by atoms with E-state index in [1.54, 1.807) is 0 Å². The van der Waals surface area contributed by atoms with Crippen LogP contribution in [0, 0.1) is 0 Å². The molecule has 2 rings (SSSR count). The van der Waals surface area contributed by atoms with Crippen LogP contribution in [0.4, 0.5) is 0 Å². The fourth-order valence-electron chi connectivity index (χ4n) is 3.70. The third-order valence-electron chi connectivity index (χ3n) is 5.07. The molecule has 0 atom stereocenters. The maximum Gasteiger partial charge on any atom is 0.135 e. The number of nitrogens with zero attached hydrogens (tertiary/aromatic N) is 1. The van der Waals surface area contributed by atoms with Gasteiger partial charge in [-0.3, -0.25) is 9.69 Å². The summed E-state index contributed by atoms with van der Waals surface area (Å²) in [5.74, 6) is 0.447. The van der Waals surface area contributed by atoms with Crippen LogP contribution >= 0.6 is 0 Å². The Kier molecular flexibility index (Phi) is 5.40. The molecule has 0 unspecified atom stereocenters. The number of Topliss-reactive ketones (excluding diaryl/α,β-unsaturated/α-hetero) is 1. The number of hydrogen-bond acceptors (Lipinski definition) is 3. The molecule has 1 heterocycles. The van der Waals surface area contributed by atoms with Gasteiger partial charge in [0.05, 0.1) is 6.10 Å². The molecule has 0 radical (unpaired) electrons. The first-order valence-corrected chi connectivity index (χ1v) is 8.08. The highest BCUT2D eigenvalue weighted by atomic mass is 16.5. The van der Waals surface area contributed by atoms with Crippen molar-refractivity contribution in [1.82, 2.24) is 4.90 Å². The van der Waals surface area contributed by atoms with Crippen LogP contribution in [-0.2, 0) is 9.53 Å². The van der Waals surface area contributed by atoms with Crippen LogP contribution in [0.5, 0.6) is 0 Å². The van der Waals surface area contributed by atoms with Crippen molar-refractivity contribution in [3.05, 3.63) is 0 Å². The minimum Gasteiger partial charge on any atom is -0.378 e. The Hall–Kier alpha value is -0.410. The van der Waals surface area contributed by atoms with Gasteiger partial charge in [0, 0.05) is 38.1 Å². The van der Waals surface area contributed by atoms with Crippen molar-refractivity contribution in [3.63, 3.8) is 0 Å². The van der Waals surface area contributed by atoms with Crippen molar-refractivity contribution >= 4 is 5.78 Å². The van der Waals surface area contributed by atoms with E-state index in [9.17, 15) is 4.79 Å². The summed E-state index contributed by atoms with van der Waals surface area (Å²) in [6.45, 7) is 7.34. The molecule has 0 aromatic heterocycles. The first-order chi connectivity index (χ1) is 9.20. The number of ether oxygens (including phenoxy) is 1. The molecule has 2 aliphatic rings. The second kappa shape index (κ2) is 6.85. The van der Waals surface area contributed by atoms with Crippen LogP contribution in [0.1, 0.15) is 65.2 Å². The van der Waals surface area contributed by atoms with Crippen molar-refractivity contribution in [2.24, 2.45) is 0 Å². The molecular formula is C16H29NO2. The van der Waals surface area contributed by atoms with E-state index in [0.717, 1.165) is 39.0 Å². The molecule has 1 saturated carbocycles. The first kappa shape index (κ1) is 15.0. The van der Waals surface area contributed by atoms with Gasteiger partial charge in [-0.1, -0.05) is 13.8 Å². The van der Waals surface area contributed by atoms with E-state index in [0.29, 0.717) is 17.4 Å². The SMILES string of the molecule is CCCOC1CCC(CC)(N2CCC(=O)CC2)CC1. The highest BCUT2D eigenvalue weighted by Gasteiger charge is 2.40. The highest BCUT2D eigenvalue weighted by molar-refractivity contribution is 5.79. The van der Waals surface area contributed by atoms with Gasteiger partial charge >= 0.3 is 0 Å². The number of hydrogen-bond donors (Lipinski definition) is 0. The third kappa shape index (κ3) is 3.57. The molecule has 110 valence electrons. The second-order valence-electron chi connectivity index (χ2n) is 6.17. The molecule has 1 aliphatic heterocycles. The van der Waals surface area contributed by atoms with Crippen molar-refractivity contribution in [2.75, 3.05) is 19.7 Å². The van der Waals surface area contributed by atoms with Gasteiger partial charge in [-0.05, 0) is 38.5 Å². The van der Waals surface area contributed by atoms with E-state index in [1.165, 1.54) is 32.1 Å². The van der Waals surface area contributed by atoms with E-state index >= 15 is 0 Å². The van der Waals surface area contributed by atoms with Gasteiger partial charge in [-0.2, -0.15) is 0 Å². The lowest BCUT2D eigenvalue weighted by Crippen LogP contribution is -2.54. The van der Waals surface area contributed by atoms with E-state index in [4.69, 9.17) is 4.74 Å². The van der Waals surface area contributed by atoms with Gasteiger partial charge in [0.2, 0.25) is 0 Å². The molecule has 0 aromatic carbocycles. The Bertz CT molecular complexity index is 285. The predicted molar refractivity (Wildman–Crippen MR) is 77.3 cm³/mol. The lowest BCUT2D eigenvalue weighted by Gasteiger charge is -2.49. The van der Waals surface area contributed by atoms with Crippen LogP contribution in [0.15, 0.2) is 0 Å².